The van der Waals surface area contributed by atoms with Crippen molar-refractivity contribution in [1.29, 1.82) is 0 Å². The van der Waals surface area contributed by atoms with E-state index < -0.39 is 0 Å². The summed E-state index contributed by atoms with van der Waals surface area (Å²) in [4.78, 5) is 8.42. The number of anilines is 1. The van der Waals surface area contributed by atoms with Crippen LogP contribution in [0.4, 0.5) is 5.13 Å². The minimum Gasteiger partial charge on any atom is -0.344 e. The number of rotatable bonds is 2. The molecule has 2 heterocycles. The van der Waals surface area contributed by atoms with Crippen molar-refractivity contribution in [1.82, 2.24) is 4.98 Å². The first kappa shape index (κ1) is 11.9. The Balaban J connectivity index is 2.21. The van der Waals surface area contributed by atoms with E-state index in [-0.39, 0.29) is 0 Å². The predicted molar refractivity (Wildman–Crippen MR) is 70.2 cm³/mol. The molecule has 4 heteroatoms. The first-order valence-corrected chi connectivity index (χ1v) is 6.94. The zero-order valence-electron chi connectivity index (χ0n) is 10.2. The zero-order valence-corrected chi connectivity index (χ0v) is 11.0. The molecule has 0 aliphatic carbocycles. The molecule has 0 saturated carbocycles. The summed E-state index contributed by atoms with van der Waals surface area (Å²) < 4.78 is 0. The fourth-order valence-corrected chi connectivity index (χ4v) is 3.26. The van der Waals surface area contributed by atoms with Gasteiger partial charge in [0, 0.05) is 24.0 Å². The number of aryl methyl sites for hydroxylation is 2. The van der Waals surface area contributed by atoms with Gasteiger partial charge in [0.15, 0.2) is 5.13 Å². The second kappa shape index (κ2) is 5.15. The van der Waals surface area contributed by atoms with Crippen LogP contribution in [0.5, 0.6) is 0 Å². The molecule has 0 radical (unpaired) electrons. The molecule has 1 aromatic rings. The maximum Gasteiger partial charge on any atom is 0.186 e. The highest BCUT2D eigenvalue weighted by atomic mass is 32.1. The van der Waals surface area contributed by atoms with Gasteiger partial charge in [-0.05, 0) is 26.7 Å². The Morgan fingerprint density at radius 3 is 2.81 bits per heavy atom. The van der Waals surface area contributed by atoms with Crippen LogP contribution in [0.25, 0.3) is 0 Å². The van der Waals surface area contributed by atoms with Gasteiger partial charge in [0.25, 0.3) is 0 Å². The molecule has 0 amide bonds. The Hall–Kier alpha value is -0.610. The average Bonchev–Trinajstić information content (AvgIpc) is 2.53. The largest absolute Gasteiger partial charge is 0.344 e. The Labute approximate surface area is 102 Å². The van der Waals surface area contributed by atoms with Crippen molar-refractivity contribution in [2.45, 2.75) is 45.6 Å². The lowest BCUT2D eigenvalue weighted by atomic mass is 10.1. The standard InChI is InChI=1S/C12H21N3S/c1-9-10(2)16-12(14-9)15-7-5-3-4-6-11(15)8-13/h11H,3-8,13H2,1-2H3. The molecule has 1 aliphatic heterocycles. The maximum atomic E-state index is 5.88. The molecular formula is C12H21N3S. The predicted octanol–water partition coefficient (Wildman–Crippen LogP) is 2.47. The molecule has 0 bridgehead atoms. The molecule has 16 heavy (non-hydrogen) atoms. The third kappa shape index (κ3) is 2.38. The van der Waals surface area contributed by atoms with Crippen LogP contribution in [-0.2, 0) is 0 Å². The van der Waals surface area contributed by atoms with Crippen molar-refractivity contribution >= 4 is 16.5 Å². The highest BCUT2D eigenvalue weighted by Gasteiger charge is 2.22. The van der Waals surface area contributed by atoms with E-state index in [0.29, 0.717) is 6.04 Å². The third-order valence-electron chi connectivity index (χ3n) is 3.41. The topological polar surface area (TPSA) is 42.2 Å². The zero-order chi connectivity index (χ0) is 11.5. The van der Waals surface area contributed by atoms with Crippen molar-refractivity contribution < 1.29 is 0 Å². The summed E-state index contributed by atoms with van der Waals surface area (Å²) in [5, 5.41) is 1.17. The van der Waals surface area contributed by atoms with Gasteiger partial charge >= 0.3 is 0 Å². The second-order valence-corrected chi connectivity index (χ2v) is 5.75. The van der Waals surface area contributed by atoms with Crippen LogP contribution in [-0.4, -0.2) is 24.1 Å². The van der Waals surface area contributed by atoms with Crippen molar-refractivity contribution in [3.63, 3.8) is 0 Å². The number of nitrogens with two attached hydrogens (primary N) is 1. The molecule has 90 valence electrons. The third-order valence-corrected chi connectivity index (χ3v) is 4.52. The normalized spacial score (nSPS) is 22.2. The molecule has 0 aromatic carbocycles. The molecular weight excluding hydrogens is 218 g/mol. The Kier molecular flexibility index (Phi) is 3.82. The smallest absolute Gasteiger partial charge is 0.186 e. The van der Waals surface area contributed by atoms with Crippen molar-refractivity contribution in [2.75, 3.05) is 18.0 Å². The van der Waals surface area contributed by atoms with Crippen LogP contribution in [0.1, 0.15) is 36.3 Å². The quantitative estimate of drug-likeness (QED) is 0.862. The molecule has 0 spiro atoms. The first-order valence-electron chi connectivity index (χ1n) is 6.13. The lowest BCUT2D eigenvalue weighted by Gasteiger charge is -2.28. The fraction of sp³-hybridized carbons (Fsp3) is 0.750. The summed E-state index contributed by atoms with van der Waals surface area (Å²) in [7, 11) is 0. The van der Waals surface area contributed by atoms with Gasteiger partial charge in [0.05, 0.1) is 5.69 Å². The molecule has 2 N–H and O–H groups in total. The molecule has 1 atom stereocenters. The van der Waals surface area contributed by atoms with Crippen molar-refractivity contribution in [2.24, 2.45) is 5.73 Å². The monoisotopic (exact) mass is 239 g/mol. The SMILES string of the molecule is Cc1nc(N2CCCCCC2CN)sc1C. The number of aromatic nitrogens is 1. The summed E-state index contributed by atoms with van der Waals surface area (Å²) in [6.45, 7) is 6.10. The highest BCUT2D eigenvalue weighted by Crippen LogP contribution is 2.29. The fourth-order valence-electron chi connectivity index (χ4n) is 2.25. The average molecular weight is 239 g/mol. The molecule has 1 fully saturated rings. The van der Waals surface area contributed by atoms with Crippen LogP contribution in [0.15, 0.2) is 0 Å². The van der Waals surface area contributed by atoms with Crippen LogP contribution in [0.3, 0.4) is 0 Å². The Morgan fingerprint density at radius 2 is 2.19 bits per heavy atom. The Morgan fingerprint density at radius 1 is 1.38 bits per heavy atom. The number of hydrogen-bond acceptors (Lipinski definition) is 4. The summed E-state index contributed by atoms with van der Waals surface area (Å²) in [5.74, 6) is 0. The van der Waals surface area contributed by atoms with E-state index in [2.05, 4.69) is 23.7 Å². The second-order valence-electron chi connectivity index (χ2n) is 4.57. The molecule has 1 saturated heterocycles. The van der Waals surface area contributed by atoms with E-state index in [1.165, 1.54) is 41.4 Å². The van der Waals surface area contributed by atoms with E-state index in [9.17, 15) is 0 Å². The van der Waals surface area contributed by atoms with Crippen LogP contribution < -0.4 is 10.6 Å². The van der Waals surface area contributed by atoms with Gasteiger partial charge in [0.2, 0.25) is 0 Å². The van der Waals surface area contributed by atoms with E-state index in [4.69, 9.17) is 5.73 Å². The summed E-state index contributed by atoms with van der Waals surface area (Å²) >= 11 is 1.81. The lowest BCUT2D eigenvalue weighted by molar-refractivity contribution is 0.579. The molecule has 1 aromatic heterocycles. The van der Waals surface area contributed by atoms with Gasteiger partial charge < -0.3 is 10.6 Å². The highest BCUT2D eigenvalue weighted by molar-refractivity contribution is 7.15. The Bertz CT molecular complexity index is 329. The molecule has 1 aliphatic rings. The first-order chi connectivity index (χ1) is 7.72. The number of hydrogen-bond donors (Lipinski definition) is 1. The van der Waals surface area contributed by atoms with E-state index >= 15 is 0 Å². The van der Waals surface area contributed by atoms with E-state index in [1.54, 1.807) is 0 Å². The number of nitrogens with zero attached hydrogens (tertiary/aromatic N) is 2. The molecule has 1 unspecified atom stereocenters. The maximum absolute atomic E-state index is 5.88. The van der Waals surface area contributed by atoms with E-state index in [0.717, 1.165) is 13.1 Å². The van der Waals surface area contributed by atoms with Gasteiger partial charge in [0.1, 0.15) is 0 Å². The van der Waals surface area contributed by atoms with Gasteiger partial charge in [-0.2, -0.15) is 0 Å². The minimum absolute atomic E-state index is 0.493. The summed E-state index contributed by atoms with van der Waals surface area (Å²) in [5.41, 5.74) is 7.05. The van der Waals surface area contributed by atoms with Gasteiger partial charge in [-0.25, -0.2) is 4.98 Å². The summed E-state index contributed by atoms with van der Waals surface area (Å²) in [6.07, 6.45) is 5.13. The number of thiazole rings is 1. The van der Waals surface area contributed by atoms with Gasteiger partial charge in [-0.1, -0.05) is 12.8 Å². The lowest BCUT2D eigenvalue weighted by Crippen LogP contribution is -2.40. The van der Waals surface area contributed by atoms with Gasteiger partial charge in [-0.15, -0.1) is 11.3 Å². The molecule has 3 nitrogen and oxygen atoms in total. The van der Waals surface area contributed by atoms with Gasteiger partial charge in [-0.3, -0.25) is 0 Å². The van der Waals surface area contributed by atoms with E-state index in [1.807, 2.05) is 11.3 Å². The van der Waals surface area contributed by atoms with Crippen molar-refractivity contribution in [3.05, 3.63) is 10.6 Å². The molecule has 2 rings (SSSR count). The minimum atomic E-state index is 0.493. The summed E-state index contributed by atoms with van der Waals surface area (Å²) in [6, 6.07) is 0.493. The van der Waals surface area contributed by atoms with Crippen LogP contribution in [0.2, 0.25) is 0 Å². The van der Waals surface area contributed by atoms with Crippen LogP contribution in [0, 0.1) is 13.8 Å². The van der Waals surface area contributed by atoms with Crippen LogP contribution >= 0.6 is 11.3 Å². The van der Waals surface area contributed by atoms with Crippen molar-refractivity contribution in [3.8, 4) is 0 Å².